The van der Waals surface area contributed by atoms with Gasteiger partial charge in [0.2, 0.25) is 6.41 Å². The molecule has 0 aromatic carbocycles. The van der Waals surface area contributed by atoms with E-state index in [2.05, 4.69) is 0 Å². The number of carbonyl (C=O) groups excluding carboxylic acids is 2. The maximum atomic E-state index is 10.3. The van der Waals surface area contributed by atoms with E-state index in [0.717, 1.165) is 0 Å². The number of primary amides is 1. The molecule has 0 fully saturated rings. The summed E-state index contributed by atoms with van der Waals surface area (Å²) in [5.41, 5.74) is 4.73. The number of rotatable bonds is 2. The number of hydrogen-bond donors (Lipinski definition) is 1. The Morgan fingerprint density at radius 3 is 2.50 bits per heavy atom. The molecule has 0 spiro atoms. The molecule has 54 valence electrons. The Kier molecular flexibility index (Phi) is 2.91. The highest BCUT2D eigenvalue weighted by molar-refractivity contribution is 5.84. The molecule has 0 rings (SSSR count). The monoisotopic (exact) mass is 141 g/mol. The van der Waals surface area contributed by atoms with Crippen LogP contribution in [0.2, 0.25) is 0 Å². The van der Waals surface area contributed by atoms with Gasteiger partial charge in [0.05, 0.1) is 6.07 Å². The number of nitrogens with two attached hydrogens (primary N) is 1. The normalized spacial score (nSPS) is 11.2. The van der Waals surface area contributed by atoms with Gasteiger partial charge >= 0.3 is 6.03 Å². The Morgan fingerprint density at radius 2 is 2.40 bits per heavy atom. The third kappa shape index (κ3) is 1.74. The highest BCUT2D eigenvalue weighted by atomic mass is 16.2. The van der Waals surface area contributed by atoms with Crippen LogP contribution in [0.15, 0.2) is 0 Å². The first-order valence-electron chi connectivity index (χ1n) is 2.56. The third-order valence-corrected chi connectivity index (χ3v) is 0.972. The van der Waals surface area contributed by atoms with Crippen molar-refractivity contribution < 1.29 is 9.59 Å². The van der Waals surface area contributed by atoms with Crippen molar-refractivity contribution in [2.24, 2.45) is 5.73 Å². The topological polar surface area (TPSA) is 87.2 Å². The second-order valence-electron chi connectivity index (χ2n) is 1.66. The Bertz CT molecular complexity index is 184. The van der Waals surface area contributed by atoms with Gasteiger partial charge in [-0.25, -0.2) is 4.79 Å². The first-order valence-corrected chi connectivity index (χ1v) is 2.56. The Labute approximate surface area is 58.0 Å². The minimum Gasteiger partial charge on any atom is -0.351 e. The molecule has 0 saturated carbocycles. The van der Waals surface area contributed by atoms with Gasteiger partial charge in [0.25, 0.3) is 0 Å². The van der Waals surface area contributed by atoms with E-state index in [-0.39, 0.29) is 6.41 Å². The summed E-state index contributed by atoms with van der Waals surface area (Å²) in [4.78, 5) is 20.9. The van der Waals surface area contributed by atoms with Gasteiger partial charge in [0, 0.05) is 0 Å². The predicted molar refractivity (Wildman–Crippen MR) is 32.6 cm³/mol. The summed E-state index contributed by atoms with van der Waals surface area (Å²) in [6, 6.07) is -0.0181. The van der Waals surface area contributed by atoms with E-state index in [0.29, 0.717) is 4.90 Å². The molecule has 3 amide bonds. The van der Waals surface area contributed by atoms with Crippen LogP contribution in [0, 0.1) is 11.3 Å². The van der Waals surface area contributed by atoms with Crippen molar-refractivity contribution in [3.8, 4) is 6.07 Å². The SMILES string of the molecule is CC(C#N)N(C=O)C(N)=O. The molecule has 0 aromatic rings. The van der Waals surface area contributed by atoms with Gasteiger partial charge in [-0.05, 0) is 6.92 Å². The van der Waals surface area contributed by atoms with Gasteiger partial charge in [-0.3, -0.25) is 9.69 Å². The van der Waals surface area contributed by atoms with Gasteiger partial charge in [0.1, 0.15) is 6.04 Å². The zero-order valence-corrected chi connectivity index (χ0v) is 5.44. The first kappa shape index (κ1) is 8.43. The summed E-state index contributed by atoms with van der Waals surface area (Å²) in [5, 5.41) is 8.23. The second-order valence-corrected chi connectivity index (χ2v) is 1.66. The van der Waals surface area contributed by atoms with Crippen molar-refractivity contribution >= 4 is 12.4 Å². The van der Waals surface area contributed by atoms with Crippen molar-refractivity contribution in [2.45, 2.75) is 13.0 Å². The number of nitriles is 1. The Morgan fingerprint density at radius 1 is 1.90 bits per heavy atom. The van der Waals surface area contributed by atoms with Crippen LogP contribution in [0.5, 0.6) is 0 Å². The van der Waals surface area contributed by atoms with Gasteiger partial charge in [-0.2, -0.15) is 5.26 Å². The average Bonchev–Trinajstić information content (AvgIpc) is 1.88. The summed E-state index contributed by atoms with van der Waals surface area (Å²) >= 11 is 0. The highest BCUT2D eigenvalue weighted by Gasteiger charge is 2.14. The molecule has 1 atom stereocenters. The van der Waals surface area contributed by atoms with E-state index in [1.807, 2.05) is 0 Å². The van der Waals surface area contributed by atoms with Gasteiger partial charge in [-0.15, -0.1) is 0 Å². The van der Waals surface area contributed by atoms with Gasteiger partial charge < -0.3 is 5.73 Å². The smallest absolute Gasteiger partial charge is 0.322 e. The lowest BCUT2D eigenvalue weighted by Gasteiger charge is -2.13. The lowest BCUT2D eigenvalue weighted by Crippen LogP contribution is -2.40. The van der Waals surface area contributed by atoms with E-state index in [9.17, 15) is 9.59 Å². The minimum atomic E-state index is -0.913. The molecular weight excluding hydrogens is 134 g/mol. The van der Waals surface area contributed by atoms with Crippen LogP contribution < -0.4 is 5.73 Å². The molecule has 5 nitrogen and oxygen atoms in total. The van der Waals surface area contributed by atoms with E-state index >= 15 is 0 Å². The number of hydrogen-bond acceptors (Lipinski definition) is 3. The average molecular weight is 141 g/mol. The van der Waals surface area contributed by atoms with Crippen molar-refractivity contribution in [2.75, 3.05) is 0 Å². The second kappa shape index (κ2) is 3.45. The van der Waals surface area contributed by atoms with Crippen LogP contribution in [0.25, 0.3) is 0 Å². The van der Waals surface area contributed by atoms with Crippen molar-refractivity contribution in [1.29, 1.82) is 5.26 Å². The summed E-state index contributed by atoms with van der Waals surface area (Å²) < 4.78 is 0. The summed E-state index contributed by atoms with van der Waals surface area (Å²) in [6.07, 6.45) is 0.232. The predicted octanol–water partition coefficient (Wildman–Crippen LogP) is -0.564. The fourth-order valence-corrected chi connectivity index (χ4v) is 0.396. The van der Waals surface area contributed by atoms with E-state index in [1.165, 1.54) is 6.92 Å². The minimum absolute atomic E-state index is 0.232. The van der Waals surface area contributed by atoms with Crippen molar-refractivity contribution in [3.05, 3.63) is 0 Å². The number of nitrogens with zero attached hydrogens (tertiary/aromatic N) is 2. The molecule has 0 radical (unpaired) electrons. The zero-order chi connectivity index (χ0) is 8.15. The number of carbonyl (C=O) groups is 2. The summed E-state index contributed by atoms with van der Waals surface area (Å²) in [5.74, 6) is 0. The van der Waals surface area contributed by atoms with Crippen LogP contribution in [0.3, 0.4) is 0 Å². The summed E-state index contributed by atoms with van der Waals surface area (Å²) in [6.45, 7) is 1.40. The lowest BCUT2D eigenvalue weighted by atomic mass is 10.3. The standard InChI is InChI=1S/C5H7N3O2/c1-4(2-6)8(3-9)5(7)10/h3-4H,1H3,(H2,7,10). The fourth-order valence-electron chi connectivity index (χ4n) is 0.396. The molecule has 0 aliphatic rings. The van der Waals surface area contributed by atoms with E-state index in [4.69, 9.17) is 11.0 Å². The lowest BCUT2D eigenvalue weighted by molar-refractivity contribution is -0.116. The van der Waals surface area contributed by atoms with Crippen molar-refractivity contribution in [1.82, 2.24) is 4.90 Å². The maximum Gasteiger partial charge on any atom is 0.322 e. The van der Waals surface area contributed by atoms with Crippen LogP contribution in [-0.4, -0.2) is 23.4 Å². The molecule has 0 aliphatic heterocycles. The van der Waals surface area contributed by atoms with Crippen LogP contribution >= 0.6 is 0 Å². The molecule has 10 heavy (non-hydrogen) atoms. The van der Waals surface area contributed by atoms with Crippen LogP contribution in [0.1, 0.15) is 6.92 Å². The third-order valence-electron chi connectivity index (χ3n) is 0.972. The van der Waals surface area contributed by atoms with Gasteiger partial charge in [0.15, 0.2) is 0 Å². The Hall–Kier alpha value is -1.57. The molecule has 1 unspecified atom stereocenters. The molecule has 5 heteroatoms. The first-order chi connectivity index (χ1) is 4.63. The number of urea groups is 1. The molecule has 0 aromatic heterocycles. The molecule has 0 bridgehead atoms. The largest absolute Gasteiger partial charge is 0.351 e. The number of imide groups is 1. The molecule has 0 heterocycles. The molecule has 0 aliphatic carbocycles. The summed E-state index contributed by atoms with van der Waals surface area (Å²) in [7, 11) is 0. The highest BCUT2D eigenvalue weighted by Crippen LogP contribution is 1.91. The number of amides is 3. The maximum absolute atomic E-state index is 10.3. The molecule has 0 saturated heterocycles. The fraction of sp³-hybridized carbons (Fsp3) is 0.400. The Balaban J connectivity index is 4.23. The zero-order valence-electron chi connectivity index (χ0n) is 5.44. The van der Waals surface area contributed by atoms with E-state index < -0.39 is 12.1 Å². The van der Waals surface area contributed by atoms with E-state index in [1.54, 1.807) is 6.07 Å². The molecular formula is C5H7N3O2. The quantitative estimate of drug-likeness (QED) is 0.522. The van der Waals surface area contributed by atoms with Crippen LogP contribution in [0.4, 0.5) is 4.79 Å². The van der Waals surface area contributed by atoms with Gasteiger partial charge in [-0.1, -0.05) is 0 Å². The van der Waals surface area contributed by atoms with Crippen LogP contribution in [-0.2, 0) is 4.79 Å². The molecule has 2 N–H and O–H groups in total. The van der Waals surface area contributed by atoms with Crippen molar-refractivity contribution in [3.63, 3.8) is 0 Å².